The summed E-state index contributed by atoms with van der Waals surface area (Å²) in [5.74, 6) is 0. The quantitative estimate of drug-likeness (QED) is 0.871. The van der Waals surface area contributed by atoms with Crippen LogP contribution in [-0.2, 0) is 17.7 Å². The van der Waals surface area contributed by atoms with Crippen molar-refractivity contribution in [1.82, 2.24) is 20.5 Å². The van der Waals surface area contributed by atoms with Gasteiger partial charge in [-0.15, -0.1) is 11.3 Å². The second-order valence-electron chi connectivity index (χ2n) is 6.41. The maximum atomic E-state index is 12.4. The van der Waals surface area contributed by atoms with E-state index in [9.17, 15) is 9.59 Å². The molecule has 132 valence electrons. The van der Waals surface area contributed by atoms with Crippen molar-refractivity contribution >= 4 is 23.5 Å². The Bertz CT molecular complexity index is 606. The number of aryl methyl sites for hydroxylation is 1. The van der Waals surface area contributed by atoms with Gasteiger partial charge in [0, 0.05) is 24.9 Å². The highest BCUT2D eigenvalue weighted by Crippen LogP contribution is 2.29. The van der Waals surface area contributed by atoms with Gasteiger partial charge in [0.1, 0.15) is 5.60 Å². The molecule has 0 aliphatic carbocycles. The monoisotopic (exact) mass is 352 g/mol. The van der Waals surface area contributed by atoms with Gasteiger partial charge in [-0.25, -0.2) is 14.6 Å². The second-order valence-corrected chi connectivity index (χ2v) is 7.35. The van der Waals surface area contributed by atoms with Crippen LogP contribution >= 0.6 is 11.3 Å². The zero-order valence-electron chi connectivity index (χ0n) is 14.0. The van der Waals surface area contributed by atoms with E-state index in [4.69, 9.17) is 4.74 Å². The highest BCUT2D eigenvalue weighted by Gasteiger charge is 2.41. The maximum Gasteiger partial charge on any atom is 0.407 e. The first-order valence-corrected chi connectivity index (χ1v) is 9.41. The standard InChI is InChI=1S/C16H24N4O3S/c1-2-4-13-19-12(10-24-13)9-17-14(21)20-7-3-5-16(6-8-20)11-18-15(22)23-16/h10H,2-9,11H2,1H3,(H,17,21)(H,18,22)/t16-/m0/s1. The third-order valence-electron chi connectivity index (χ3n) is 4.53. The van der Waals surface area contributed by atoms with Gasteiger partial charge in [-0.3, -0.25) is 0 Å². The Labute approximate surface area is 145 Å². The minimum Gasteiger partial charge on any atom is -0.441 e. The van der Waals surface area contributed by atoms with Crippen LogP contribution in [0.5, 0.6) is 0 Å². The van der Waals surface area contributed by atoms with Crippen molar-refractivity contribution in [2.75, 3.05) is 19.6 Å². The summed E-state index contributed by atoms with van der Waals surface area (Å²) in [5.41, 5.74) is 0.479. The van der Waals surface area contributed by atoms with E-state index in [2.05, 4.69) is 22.5 Å². The number of urea groups is 1. The first-order valence-electron chi connectivity index (χ1n) is 8.53. The van der Waals surface area contributed by atoms with Crippen molar-refractivity contribution in [3.8, 4) is 0 Å². The molecule has 0 aromatic carbocycles. The molecular formula is C16H24N4O3S. The van der Waals surface area contributed by atoms with E-state index in [1.54, 1.807) is 16.2 Å². The number of hydrogen-bond acceptors (Lipinski definition) is 5. The van der Waals surface area contributed by atoms with E-state index in [-0.39, 0.29) is 12.1 Å². The van der Waals surface area contributed by atoms with Gasteiger partial charge >= 0.3 is 12.1 Å². The zero-order valence-corrected chi connectivity index (χ0v) is 14.8. The number of likely N-dealkylation sites (tertiary alicyclic amines) is 1. The normalized spacial score (nSPS) is 23.7. The van der Waals surface area contributed by atoms with Gasteiger partial charge in [-0.1, -0.05) is 6.92 Å². The Balaban J connectivity index is 1.49. The van der Waals surface area contributed by atoms with Crippen molar-refractivity contribution < 1.29 is 14.3 Å². The molecule has 7 nitrogen and oxygen atoms in total. The second kappa shape index (κ2) is 7.38. The van der Waals surface area contributed by atoms with Crippen LogP contribution in [0.1, 0.15) is 43.3 Å². The van der Waals surface area contributed by atoms with Crippen LogP contribution in [0.3, 0.4) is 0 Å². The number of aromatic nitrogens is 1. The van der Waals surface area contributed by atoms with E-state index in [1.165, 1.54) is 0 Å². The number of carbonyl (C=O) groups is 2. The molecule has 2 saturated heterocycles. The molecule has 1 spiro atoms. The van der Waals surface area contributed by atoms with Crippen molar-refractivity contribution in [3.63, 3.8) is 0 Å². The average molecular weight is 352 g/mol. The number of alkyl carbamates (subject to hydrolysis) is 1. The molecule has 2 aliphatic heterocycles. The molecule has 0 bridgehead atoms. The van der Waals surface area contributed by atoms with Crippen LogP contribution in [0.4, 0.5) is 9.59 Å². The van der Waals surface area contributed by atoms with Gasteiger partial charge in [0.2, 0.25) is 0 Å². The summed E-state index contributed by atoms with van der Waals surface area (Å²) in [6.07, 6.45) is 4.02. The van der Waals surface area contributed by atoms with Crippen LogP contribution in [0, 0.1) is 0 Å². The first kappa shape index (κ1) is 17.0. The zero-order chi connectivity index (χ0) is 17.0. The number of nitrogens with one attached hydrogen (secondary N) is 2. The highest BCUT2D eigenvalue weighted by atomic mass is 32.1. The van der Waals surface area contributed by atoms with E-state index < -0.39 is 5.60 Å². The molecule has 3 heterocycles. The van der Waals surface area contributed by atoms with Crippen molar-refractivity contribution in [3.05, 3.63) is 16.1 Å². The molecule has 0 unspecified atom stereocenters. The number of thiazole rings is 1. The molecular weight excluding hydrogens is 328 g/mol. The van der Waals surface area contributed by atoms with Gasteiger partial charge in [0.25, 0.3) is 0 Å². The fourth-order valence-corrected chi connectivity index (χ4v) is 4.09. The fourth-order valence-electron chi connectivity index (χ4n) is 3.19. The molecule has 24 heavy (non-hydrogen) atoms. The van der Waals surface area contributed by atoms with E-state index >= 15 is 0 Å². The molecule has 3 rings (SSSR count). The van der Waals surface area contributed by atoms with E-state index in [0.717, 1.165) is 36.4 Å². The van der Waals surface area contributed by atoms with Crippen LogP contribution in [-0.4, -0.2) is 47.2 Å². The van der Waals surface area contributed by atoms with E-state index in [0.29, 0.717) is 32.6 Å². The van der Waals surface area contributed by atoms with Crippen molar-refractivity contribution in [1.29, 1.82) is 0 Å². The van der Waals surface area contributed by atoms with E-state index in [1.807, 2.05) is 5.38 Å². The number of amides is 3. The Hall–Kier alpha value is -1.83. The average Bonchev–Trinajstić information content (AvgIpc) is 3.09. The van der Waals surface area contributed by atoms with Crippen LogP contribution < -0.4 is 10.6 Å². The van der Waals surface area contributed by atoms with Crippen LogP contribution in [0.15, 0.2) is 5.38 Å². The molecule has 0 saturated carbocycles. The van der Waals surface area contributed by atoms with Gasteiger partial charge in [-0.2, -0.15) is 0 Å². The summed E-state index contributed by atoms with van der Waals surface area (Å²) in [6.45, 7) is 4.41. The highest BCUT2D eigenvalue weighted by molar-refractivity contribution is 7.09. The third kappa shape index (κ3) is 3.98. The van der Waals surface area contributed by atoms with Gasteiger partial charge in [-0.05, 0) is 25.7 Å². The number of rotatable bonds is 4. The number of ether oxygens (including phenoxy) is 1. The number of carbonyl (C=O) groups excluding carboxylic acids is 2. The predicted molar refractivity (Wildman–Crippen MR) is 91.0 cm³/mol. The number of hydrogen-bond donors (Lipinski definition) is 2. The summed E-state index contributed by atoms with van der Waals surface area (Å²) >= 11 is 1.65. The Morgan fingerprint density at radius 3 is 3.12 bits per heavy atom. The predicted octanol–water partition coefficient (Wildman–Crippen LogP) is 2.27. The third-order valence-corrected chi connectivity index (χ3v) is 5.49. The van der Waals surface area contributed by atoms with Crippen LogP contribution in [0.25, 0.3) is 0 Å². The SMILES string of the molecule is CCCc1nc(CNC(=O)N2CCC[C@]3(CC2)CNC(=O)O3)cs1. The lowest BCUT2D eigenvalue weighted by Crippen LogP contribution is -2.41. The van der Waals surface area contributed by atoms with Crippen LogP contribution in [0.2, 0.25) is 0 Å². The lowest BCUT2D eigenvalue weighted by molar-refractivity contribution is 0.0453. The summed E-state index contributed by atoms with van der Waals surface area (Å²) in [7, 11) is 0. The summed E-state index contributed by atoms with van der Waals surface area (Å²) < 4.78 is 5.44. The molecule has 1 aromatic rings. The molecule has 2 fully saturated rings. The number of nitrogens with zero attached hydrogens (tertiary/aromatic N) is 2. The molecule has 2 aliphatic rings. The summed E-state index contributed by atoms with van der Waals surface area (Å²) in [6, 6.07) is -0.0747. The molecule has 1 atom stereocenters. The molecule has 3 amide bonds. The molecule has 1 aromatic heterocycles. The van der Waals surface area contributed by atoms with Crippen molar-refractivity contribution in [2.24, 2.45) is 0 Å². The Morgan fingerprint density at radius 1 is 1.50 bits per heavy atom. The van der Waals surface area contributed by atoms with Gasteiger partial charge < -0.3 is 20.3 Å². The lowest BCUT2D eigenvalue weighted by atomic mass is 9.95. The summed E-state index contributed by atoms with van der Waals surface area (Å²) in [4.78, 5) is 30.0. The Kier molecular flexibility index (Phi) is 5.23. The topological polar surface area (TPSA) is 83.6 Å². The van der Waals surface area contributed by atoms with Crippen molar-refractivity contribution in [2.45, 2.75) is 51.2 Å². The smallest absolute Gasteiger partial charge is 0.407 e. The molecule has 2 N–H and O–H groups in total. The van der Waals surface area contributed by atoms with Gasteiger partial charge in [0.05, 0.1) is 23.8 Å². The van der Waals surface area contributed by atoms with Gasteiger partial charge in [0.15, 0.2) is 0 Å². The molecule has 0 radical (unpaired) electrons. The fraction of sp³-hybridized carbons (Fsp3) is 0.688. The maximum absolute atomic E-state index is 12.4. The first-order chi connectivity index (χ1) is 11.6. The molecule has 8 heteroatoms. The minimum atomic E-state index is -0.434. The summed E-state index contributed by atoms with van der Waals surface area (Å²) in [5, 5.41) is 8.80. The lowest BCUT2D eigenvalue weighted by Gasteiger charge is -2.25. The largest absolute Gasteiger partial charge is 0.441 e. The minimum absolute atomic E-state index is 0.0747. The Morgan fingerprint density at radius 2 is 2.38 bits per heavy atom.